The summed E-state index contributed by atoms with van der Waals surface area (Å²) in [5.41, 5.74) is 0. The van der Waals surface area contributed by atoms with Crippen molar-refractivity contribution in [3.63, 3.8) is 0 Å². The number of piperidine rings is 1. The predicted molar refractivity (Wildman–Crippen MR) is 80.3 cm³/mol. The molecule has 0 aromatic rings. The zero-order valence-electron chi connectivity index (χ0n) is 13.1. The van der Waals surface area contributed by atoms with E-state index in [1.54, 1.807) is 0 Å². The summed E-state index contributed by atoms with van der Waals surface area (Å²) in [6.45, 7) is 10.00. The van der Waals surface area contributed by atoms with Crippen LogP contribution in [0.25, 0.3) is 0 Å². The van der Waals surface area contributed by atoms with Crippen molar-refractivity contribution < 1.29 is 4.79 Å². The van der Waals surface area contributed by atoms with Crippen LogP contribution in [0.15, 0.2) is 0 Å². The molecule has 19 heavy (non-hydrogen) atoms. The number of amides is 1. The first-order valence-corrected chi connectivity index (χ1v) is 7.76. The van der Waals surface area contributed by atoms with Crippen molar-refractivity contribution in [3.05, 3.63) is 0 Å². The molecule has 0 spiro atoms. The molecule has 1 amide bonds. The third kappa shape index (κ3) is 5.91. The first-order chi connectivity index (χ1) is 9.04. The van der Waals surface area contributed by atoms with Crippen LogP contribution in [0.5, 0.6) is 0 Å². The van der Waals surface area contributed by atoms with Crippen molar-refractivity contribution >= 4 is 5.91 Å². The average molecular weight is 269 g/mol. The Morgan fingerprint density at radius 1 is 1.37 bits per heavy atom. The summed E-state index contributed by atoms with van der Waals surface area (Å²) in [7, 11) is 1.90. The van der Waals surface area contributed by atoms with Gasteiger partial charge in [-0.1, -0.05) is 13.3 Å². The molecule has 1 aliphatic rings. The highest BCUT2D eigenvalue weighted by Crippen LogP contribution is 2.09. The van der Waals surface area contributed by atoms with Crippen LogP contribution in [0.1, 0.15) is 46.5 Å². The summed E-state index contributed by atoms with van der Waals surface area (Å²) in [6, 6.07) is 0.848. The highest BCUT2D eigenvalue weighted by Gasteiger charge is 2.20. The first-order valence-electron chi connectivity index (χ1n) is 7.76. The third-order valence-electron chi connectivity index (χ3n) is 3.96. The predicted octanol–water partition coefficient (Wildman–Crippen LogP) is 1.71. The molecule has 0 aromatic carbocycles. The monoisotopic (exact) mass is 269 g/mol. The minimum absolute atomic E-state index is 0.235. The quantitative estimate of drug-likeness (QED) is 0.764. The van der Waals surface area contributed by atoms with Gasteiger partial charge in [-0.2, -0.15) is 0 Å². The molecule has 1 saturated heterocycles. The highest BCUT2D eigenvalue weighted by molar-refractivity contribution is 5.78. The van der Waals surface area contributed by atoms with E-state index in [1.807, 2.05) is 11.9 Å². The molecule has 112 valence electrons. The molecule has 1 aliphatic heterocycles. The smallest absolute Gasteiger partial charge is 0.236 e. The van der Waals surface area contributed by atoms with Gasteiger partial charge in [0.15, 0.2) is 0 Å². The molecule has 4 heteroatoms. The molecule has 1 rings (SSSR count). The van der Waals surface area contributed by atoms with E-state index in [2.05, 4.69) is 31.0 Å². The molecular formula is C15H31N3O. The zero-order valence-corrected chi connectivity index (χ0v) is 13.1. The normalized spacial score (nSPS) is 20.0. The van der Waals surface area contributed by atoms with Crippen LogP contribution in [0, 0.1) is 0 Å². The second-order valence-corrected chi connectivity index (χ2v) is 5.98. The lowest BCUT2D eigenvalue weighted by molar-refractivity contribution is -0.132. The van der Waals surface area contributed by atoms with E-state index in [0.29, 0.717) is 12.6 Å². The van der Waals surface area contributed by atoms with Gasteiger partial charge < -0.3 is 10.2 Å². The molecule has 0 radical (unpaired) electrons. The molecule has 4 nitrogen and oxygen atoms in total. The molecule has 1 unspecified atom stereocenters. The third-order valence-corrected chi connectivity index (χ3v) is 3.96. The summed E-state index contributed by atoms with van der Waals surface area (Å²) >= 11 is 0. The van der Waals surface area contributed by atoms with E-state index in [4.69, 9.17) is 0 Å². The topological polar surface area (TPSA) is 35.6 Å². The summed E-state index contributed by atoms with van der Waals surface area (Å²) < 4.78 is 0. The molecule has 0 aromatic heterocycles. The van der Waals surface area contributed by atoms with Crippen molar-refractivity contribution in [1.29, 1.82) is 0 Å². The van der Waals surface area contributed by atoms with E-state index < -0.39 is 0 Å². The van der Waals surface area contributed by atoms with Gasteiger partial charge in [0.25, 0.3) is 0 Å². The standard InChI is InChI=1S/C15H31N3O/c1-5-10-18(11-14-8-6-7-9-16-14)12-15(19)17(4)13(2)3/h13-14,16H,5-12H2,1-4H3. The van der Waals surface area contributed by atoms with Gasteiger partial charge in [0, 0.05) is 25.7 Å². The Bertz CT molecular complexity index is 262. The van der Waals surface area contributed by atoms with Gasteiger partial charge in [-0.25, -0.2) is 0 Å². The van der Waals surface area contributed by atoms with Crippen LogP contribution < -0.4 is 5.32 Å². The fourth-order valence-corrected chi connectivity index (χ4v) is 2.53. The Morgan fingerprint density at radius 2 is 2.11 bits per heavy atom. The van der Waals surface area contributed by atoms with Gasteiger partial charge >= 0.3 is 0 Å². The van der Waals surface area contributed by atoms with Gasteiger partial charge in [0.1, 0.15) is 0 Å². The minimum atomic E-state index is 0.235. The number of carbonyl (C=O) groups excluding carboxylic acids is 1. The van der Waals surface area contributed by atoms with E-state index in [-0.39, 0.29) is 11.9 Å². The van der Waals surface area contributed by atoms with Crippen molar-refractivity contribution in [1.82, 2.24) is 15.1 Å². The number of hydrogen-bond donors (Lipinski definition) is 1. The van der Waals surface area contributed by atoms with Gasteiger partial charge in [0.2, 0.25) is 5.91 Å². The molecule has 0 aliphatic carbocycles. The maximum absolute atomic E-state index is 12.2. The maximum Gasteiger partial charge on any atom is 0.236 e. The maximum atomic E-state index is 12.2. The van der Waals surface area contributed by atoms with Gasteiger partial charge in [-0.05, 0) is 46.2 Å². The Hall–Kier alpha value is -0.610. The largest absolute Gasteiger partial charge is 0.342 e. The van der Waals surface area contributed by atoms with Crippen molar-refractivity contribution in [2.24, 2.45) is 0 Å². The summed E-state index contributed by atoms with van der Waals surface area (Å²) in [5, 5.41) is 3.57. The molecule has 0 saturated carbocycles. The van der Waals surface area contributed by atoms with E-state index >= 15 is 0 Å². The van der Waals surface area contributed by atoms with Crippen LogP contribution in [0.3, 0.4) is 0 Å². The SMILES string of the molecule is CCCN(CC(=O)N(C)C(C)C)CC1CCCCN1. The number of likely N-dealkylation sites (N-methyl/N-ethyl adjacent to an activating group) is 1. The molecule has 1 heterocycles. The summed E-state index contributed by atoms with van der Waals surface area (Å²) in [4.78, 5) is 16.3. The van der Waals surface area contributed by atoms with Crippen LogP contribution >= 0.6 is 0 Å². The van der Waals surface area contributed by atoms with Crippen LogP contribution in [0.4, 0.5) is 0 Å². The molecular weight excluding hydrogens is 238 g/mol. The van der Waals surface area contributed by atoms with E-state index in [9.17, 15) is 4.79 Å². The van der Waals surface area contributed by atoms with Gasteiger partial charge in [-0.15, -0.1) is 0 Å². The molecule has 1 fully saturated rings. The Balaban J connectivity index is 2.44. The average Bonchev–Trinajstić information content (AvgIpc) is 2.39. The van der Waals surface area contributed by atoms with Crippen molar-refractivity contribution in [3.8, 4) is 0 Å². The van der Waals surface area contributed by atoms with Gasteiger partial charge in [-0.3, -0.25) is 9.69 Å². The Labute approximate surface area is 118 Å². The number of carbonyl (C=O) groups is 1. The molecule has 1 atom stereocenters. The number of nitrogens with zero attached hydrogens (tertiary/aromatic N) is 2. The first kappa shape index (κ1) is 16.4. The van der Waals surface area contributed by atoms with Crippen LogP contribution in [-0.2, 0) is 4.79 Å². The zero-order chi connectivity index (χ0) is 14.3. The number of rotatable bonds is 7. The number of hydrogen-bond acceptors (Lipinski definition) is 3. The summed E-state index contributed by atoms with van der Waals surface area (Å²) in [6.07, 6.45) is 4.95. The van der Waals surface area contributed by atoms with Crippen LogP contribution in [-0.4, -0.2) is 61.0 Å². The van der Waals surface area contributed by atoms with Crippen LogP contribution in [0.2, 0.25) is 0 Å². The van der Waals surface area contributed by atoms with Gasteiger partial charge in [0.05, 0.1) is 6.54 Å². The fourth-order valence-electron chi connectivity index (χ4n) is 2.53. The van der Waals surface area contributed by atoms with Crippen molar-refractivity contribution in [2.45, 2.75) is 58.5 Å². The lowest BCUT2D eigenvalue weighted by Crippen LogP contribution is -2.48. The lowest BCUT2D eigenvalue weighted by Gasteiger charge is -2.31. The van der Waals surface area contributed by atoms with E-state index in [1.165, 1.54) is 19.3 Å². The number of nitrogens with one attached hydrogen (secondary N) is 1. The van der Waals surface area contributed by atoms with Crippen molar-refractivity contribution in [2.75, 3.05) is 33.2 Å². The summed E-state index contributed by atoms with van der Waals surface area (Å²) in [5.74, 6) is 0.235. The highest BCUT2D eigenvalue weighted by atomic mass is 16.2. The Kier molecular flexibility index (Phi) is 7.39. The fraction of sp³-hybridized carbons (Fsp3) is 0.933. The second-order valence-electron chi connectivity index (χ2n) is 5.98. The van der Waals surface area contributed by atoms with E-state index in [0.717, 1.165) is 26.1 Å². The second kappa shape index (κ2) is 8.54. The molecule has 1 N–H and O–H groups in total. The lowest BCUT2D eigenvalue weighted by atomic mass is 10.0. The Morgan fingerprint density at radius 3 is 2.63 bits per heavy atom. The minimum Gasteiger partial charge on any atom is -0.342 e. The molecule has 0 bridgehead atoms.